The molecule has 0 fully saturated rings. The molecule has 0 aromatic carbocycles. The number of hydrogen-bond donors (Lipinski definition) is 2. The third-order valence-corrected chi connectivity index (χ3v) is 2.99. The summed E-state index contributed by atoms with van der Waals surface area (Å²) in [6.45, 7) is 8.77. The van der Waals surface area contributed by atoms with Crippen LogP contribution in [0.2, 0.25) is 0 Å². The van der Waals surface area contributed by atoms with Gasteiger partial charge in [0, 0.05) is 5.54 Å². The van der Waals surface area contributed by atoms with Crippen LogP contribution in [0.3, 0.4) is 0 Å². The number of hydrogen-bond acceptors (Lipinski definition) is 2. The minimum atomic E-state index is 0.138. The summed E-state index contributed by atoms with van der Waals surface area (Å²) >= 11 is 0. The lowest BCUT2D eigenvalue weighted by Crippen LogP contribution is -2.48. The van der Waals surface area contributed by atoms with Crippen LogP contribution < -0.4 is 11.1 Å². The highest BCUT2D eigenvalue weighted by atomic mass is 15.1. The van der Waals surface area contributed by atoms with Crippen LogP contribution in [0.25, 0.3) is 0 Å². The number of unbranched alkanes of at least 4 members (excludes halogenated alkanes) is 7. The first-order valence-corrected chi connectivity index (χ1v) is 7.49. The SMILES string of the molecule is CCCCCCCCCCC(N)NC(C)(C)C. The van der Waals surface area contributed by atoms with Gasteiger partial charge < -0.3 is 5.73 Å². The summed E-state index contributed by atoms with van der Waals surface area (Å²) in [5.74, 6) is 0. The molecule has 104 valence electrons. The van der Waals surface area contributed by atoms with Gasteiger partial charge in [0.1, 0.15) is 0 Å². The molecular formula is C15H34N2. The summed E-state index contributed by atoms with van der Waals surface area (Å²) in [4.78, 5) is 0. The highest BCUT2D eigenvalue weighted by molar-refractivity contribution is 4.74. The Morgan fingerprint density at radius 1 is 0.882 bits per heavy atom. The monoisotopic (exact) mass is 242 g/mol. The fourth-order valence-corrected chi connectivity index (χ4v) is 2.13. The van der Waals surface area contributed by atoms with E-state index in [1.807, 2.05) is 0 Å². The second-order valence-corrected chi connectivity index (χ2v) is 6.26. The zero-order chi connectivity index (χ0) is 13.1. The molecule has 0 aliphatic rings. The Bertz CT molecular complexity index is 161. The van der Waals surface area contributed by atoms with Crippen molar-refractivity contribution in [2.45, 2.75) is 97.2 Å². The predicted molar refractivity (Wildman–Crippen MR) is 78.1 cm³/mol. The lowest BCUT2D eigenvalue weighted by atomic mass is 10.0. The van der Waals surface area contributed by atoms with Gasteiger partial charge in [0.2, 0.25) is 0 Å². The van der Waals surface area contributed by atoms with Gasteiger partial charge in [-0.1, -0.05) is 58.3 Å². The highest BCUT2D eigenvalue weighted by Crippen LogP contribution is 2.10. The average molecular weight is 242 g/mol. The lowest BCUT2D eigenvalue weighted by molar-refractivity contribution is 0.343. The molecule has 0 aliphatic heterocycles. The summed E-state index contributed by atoms with van der Waals surface area (Å²) in [5.41, 5.74) is 6.17. The van der Waals surface area contributed by atoms with E-state index in [1.54, 1.807) is 0 Å². The van der Waals surface area contributed by atoms with E-state index in [2.05, 4.69) is 33.0 Å². The standard InChI is InChI=1S/C15H34N2/c1-5-6-7-8-9-10-11-12-13-14(16)17-15(2,3)4/h14,17H,5-13,16H2,1-4H3. The molecule has 2 nitrogen and oxygen atoms in total. The molecular weight excluding hydrogens is 208 g/mol. The Balaban J connectivity index is 3.22. The van der Waals surface area contributed by atoms with Crippen LogP contribution in [-0.4, -0.2) is 11.7 Å². The van der Waals surface area contributed by atoms with E-state index >= 15 is 0 Å². The van der Waals surface area contributed by atoms with Crippen molar-refractivity contribution in [3.8, 4) is 0 Å². The van der Waals surface area contributed by atoms with Crippen LogP contribution >= 0.6 is 0 Å². The van der Waals surface area contributed by atoms with Gasteiger partial charge in [-0.05, 0) is 27.2 Å². The second-order valence-electron chi connectivity index (χ2n) is 6.26. The highest BCUT2D eigenvalue weighted by Gasteiger charge is 2.12. The summed E-state index contributed by atoms with van der Waals surface area (Å²) in [6.07, 6.45) is 12.2. The quantitative estimate of drug-likeness (QED) is 0.445. The lowest BCUT2D eigenvalue weighted by Gasteiger charge is -2.25. The Labute approximate surface area is 109 Å². The Hall–Kier alpha value is -0.0800. The molecule has 1 unspecified atom stereocenters. The van der Waals surface area contributed by atoms with Crippen molar-refractivity contribution in [2.24, 2.45) is 5.73 Å². The maximum atomic E-state index is 6.03. The molecule has 0 aliphatic carbocycles. The van der Waals surface area contributed by atoms with E-state index in [4.69, 9.17) is 5.73 Å². The molecule has 0 radical (unpaired) electrons. The van der Waals surface area contributed by atoms with Gasteiger partial charge in [-0.2, -0.15) is 0 Å². The third kappa shape index (κ3) is 13.9. The first kappa shape index (κ1) is 16.9. The third-order valence-electron chi connectivity index (χ3n) is 2.99. The topological polar surface area (TPSA) is 38.0 Å². The maximum absolute atomic E-state index is 6.03. The molecule has 1 atom stereocenters. The van der Waals surface area contributed by atoms with Gasteiger partial charge in [0.05, 0.1) is 6.17 Å². The van der Waals surface area contributed by atoms with Crippen LogP contribution in [0.1, 0.15) is 85.5 Å². The second kappa shape index (κ2) is 9.90. The first-order chi connectivity index (χ1) is 7.95. The van der Waals surface area contributed by atoms with Gasteiger partial charge in [-0.3, -0.25) is 5.32 Å². The fraction of sp³-hybridized carbons (Fsp3) is 1.00. The molecule has 2 heteroatoms. The molecule has 0 spiro atoms. The van der Waals surface area contributed by atoms with Gasteiger partial charge in [0.25, 0.3) is 0 Å². The molecule has 0 aromatic rings. The minimum absolute atomic E-state index is 0.138. The fourth-order valence-electron chi connectivity index (χ4n) is 2.13. The maximum Gasteiger partial charge on any atom is 0.0550 e. The van der Waals surface area contributed by atoms with E-state index in [1.165, 1.54) is 51.4 Å². The largest absolute Gasteiger partial charge is 0.316 e. The van der Waals surface area contributed by atoms with Crippen molar-refractivity contribution in [2.75, 3.05) is 0 Å². The molecule has 0 saturated heterocycles. The van der Waals surface area contributed by atoms with Crippen LogP contribution in [-0.2, 0) is 0 Å². The van der Waals surface area contributed by atoms with Crippen molar-refractivity contribution >= 4 is 0 Å². The average Bonchev–Trinajstić information content (AvgIpc) is 2.19. The zero-order valence-electron chi connectivity index (χ0n) is 12.5. The van der Waals surface area contributed by atoms with Crippen molar-refractivity contribution in [1.82, 2.24) is 5.32 Å². The van der Waals surface area contributed by atoms with Crippen LogP contribution in [0.15, 0.2) is 0 Å². The van der Waals surface area contributed by atoms with Gasteiger partial charge in [-0.25, -0.2) is 0 Å². The van der Waals surface area contributed by atoms with E-state index in [0.29, 0.717) is 0 Å². The van der Waals surface area contributed by atoms with Gasteiger partial charge >= 0.3 is 0 Å². The summed E-state index contributed by atoms with van der Waals surface area (Å²) in [6, 6.07) is 0. The molecule has 3 N–H and O–H groups in total. The molecule has 0 bridgehead atoms. The Morgan fingerprint density at radius 3 is 1.82 bits per heavy atom. The smallest absolute Gasteiger partial charge is 0.0550 e. The minimum Gasteiger partial charge on any atom is -0.316 e. The van der Waals surface area contributed by atoms with E-state index in [9.17, 15) is 0 Å². The van der Waals surface area contributed by atoms with Crippen molar-refractivity contribution in [3.63, 3.8) is 0 Å². The van der Waals surface area contributed by atoms with E-state index in [0.717, 1.165) is 6.42 Å². The van der Waals surface area contributed by atoms with Crippen molar-refractivity contribution < 1.29 is 0 Å². The molecule has 0 aromatic heterocycles. The van der Waals surface area contributed by atoms with Crippen LogP contribution in [0.5, 0.6) is 0 Å². The summed E-state index contributed by atoms with van der Waals surface area (Å²) in [5, 5.41) is 3.42. The zero-order valence-corrected chi connectivity index (χ0v) is 12.5. The number of nitrogens with two attached hydrogens (primary N) is 1. The molecule has 0 rings (SSSR count). The summed E-state index contributed by atoms with van der Waals surface area (Å²) in [7, 11) is 0. The van der Waals surface area contributed by atoms with Crippen molar-refractivity contribution in [1.29, 1.82) is 0 Å². The van der Waals surface area contributed by atoms with Crippen LogP contribution in [0, 0.1) is 0 Å². The number of rotatable bonds is 10. The summed E-state index contributed by atoms with van der Waals surface area (Å²) < 4.78 is 0. The van der Waals surface area contributed by atoms with E-state index < -0.39 is 0 Å². The van der Waals surface area contributed by atoms with Gasteiger partial charge in [-0.15, -0.1) is 0 Å². The Kier molecular flexibility index (Phi) is 9.85. The van der Waals surface area contributed by atoms with E-state index in [-0.39, 0.29) is 11.7 Å². The molecule has 0 saturated carbocycles. The first-order valence-electron chi connectivity index (χ1n) is 7.49. The van der Waals surface area contributed by atoms with Gasteiger partial charge in [0.15, 0.2) is 0 Å². The molecule has 0 amide bonds. The molecule has 0 heterocycles. The molecule has 17 heavy (non-hydrogen) atoms. The normalized spacial score (nSPS) is 13.9. The predicted octanol–water partition coefficient (Wildman–Crippen LogP) is 4.19. The Morgan fingerprint density at radius 2 is 1.35 bits per heavy atom. The van der Waals surface area contributed by atoms with Crippen molar-refractivity contribution in [3.05, 3.63) is 0 Å². The number of nitrogens with one attached hydrogen (secondary N) is 1. The van der Waals surface area contributed by atoms with Crippen LogP contribution in [0.4, 0.5) is 0 Å².